The monoisotopic (exact) mass is 210 g/mol. The van der Waals surface area contributed by atoms with Crippen LogP contribution in [0.25, 0.3) is 0 Å². The van der Waals surface area contributed by atoms with E-state index >= 15 is 0 Å². The third-order valence-electron chi connectivity index (χ3n) is 2.44. The molecule has 1 aromatic heterocycles. The first-order valence-electron chi connectivity index (χ1n) is 4.90. The topological polar surface area (TPSA) is 86.9 Å². The Morgan fingerprint density at radius 1 is 1.67 bits per heavy atom. The number of amides is 1. The summed E-state index contributed by atoms with van der Waals surface area (Å²) in [6.45, 7) is 5.99. The van der Waals surface area contributed by atoms with Gasteiger partial charge >= 0.3 is 0 Å². The highest BCUT2D eigenvalue weighted by Crippen LogP contribution is 2.20. The van der Waals surface area contributed by atoms with Gasteiger partial charge in [-0.3, -0.25) is 4.79 Å². The maximum Gasteiger partial charge on any atom is 0.224 e. The molecule has 1 rings (SSSR count). The van der Waals surface area contributed by atoms with Crippen molar-refractivity contribution >= 4 is 5.91 Å². The van der Waals surface area contributed by atoms with Crippen molar-refractivity contribution in [2.75, 3.05) is 0 Å². The third-order valence-corrected chi connectivity index (χ3v) is 2.44. The van der Waals surface area contributed by atoms with Crippen LogP contribution >= 0.6 is 0 Å². The summed E-state index contributed by atoms with van der Waals surface area (Å²) in [5, 5.41) is 0. The standard InChI is InChI=1S/C10H18N4O/c1-7(11)8-4-13-6-14(8)5-10(2,3)9(12)15/h4,6-7H,5,11H2,1-3H3,(H2,12,15)/t7-/m1/s1. The number of carbonyl (C=O) groups is 1. The zero-order chi connectivity index (χ0) is 11.6. The first-order chi connectivity index (χ1) is 6.84. The van der Waals surface area contributed by atoms with E-state index in [0.29, 0.717) is 6.54 Å². The van der Waals surface area contributed by atoms with Crippen LogP contribution in [-0.4, -0.2) is 15.5 Å². The molecule has 0 aromatic carbocycles. The van der Waals surface area contributed by atoms with E-state index in [4.69, 9.17) is 11.5 Å². The van der Waals surface area contributed by atoms with Crippen molar-refractivity contribution in [2.45, 2.75) is 33.4 Å². The van der Waals surface area contributed by atoms with Gasteiger partial charge in [0.05, 0.1) is 17.4 Å². The molecule has 0 aliphatic rings. The molecule has 1 aromatic rings. The lowest BCUT2D eigenvalue weighted by molar-refractivity contribution is -0.126. The van der Waals surface area contributed by atoms with E-state index in [1.165, 1.54) is 0 Å². The Balaban J connectivity index is 2.90. The number of primary amides is 1. The van der Waals surface area contributed by atoms with Gasteiger partial charge in [0.2, 0.25) is 5.91 Å². The van der Waals surface area contributed by atoms with Crippen molar-refractivity contribution in [1.82, 2.24) is 9.55 Å². The lowest BCUT2D eigenvalue weighted by Crippen LogP contribution is -2.36. The van der Waals surface area contributed by atoms with Gasteiger partial charge < -0.3 is 16.0 Å². The zero-order valence-electron chi connectivity index (χ0n) is 9.40. The molecule has 0 saturated carbocycles. The Bertz CT molecular complexity index is 354. The summed E-state index contributed by atoms with van der Waals surface area (Å²) in [6, 6.07) is -0.101. The minimum atomic E-state index is -0.593. The van der Waals surface area contributed by atoms with Gasteiger partial charge in [0.15, 0.2) is 0 Å². The Morgan fingerprint density at radius 2 is 2.27 bits per heavy atom. The van der Waals surface area contributed by atoms with Crippen molar-refractivity contribution < 1.29 is 4.79 Å². The Morgan fingerprint density at radius 3 is 2.73 bits per heavy atom. The van der Waals surface area contributed by atoms with E-state index < -0.39 is 5.41 Å². The van der Waals surface area contributed by atoms with Crippen LogP contribution in [0.5, 0.6) is 0 Å². The second-order valence-corrected chi connectivity index (χ2v) is 4.48. The highest BCUT2D eigenvalue weighted by Gasteiger charge is 2.26. The fraction of sp³-hybridized carbons (Fsp3) is 0.600. The van der Waals surface area contributed by atoms with Gasteiger partial charge in [-0.1, -0.05) is 0 Å². The average molecular weight is 210 g/mol. The van der Waals surface area contributed by atoms with Crippen LogP contribution in [0.2, 0.25) is 0 Å². The van der Waals surface area contributed by atoms with E-state index in [9.17, 15) is 4.79 Å². The molecule has 0 bridgehead atoms. The number of nitrogens with two attached hydrogens (primary N) is 2. The van der Waals surface area contributed by atoms with E-state index in [0.717, 1.165) is 5.69 Å². The van der Waals surface area contributed by atoms with Crippen molar-refractivity contribution in [3.63, 3.8) is 0 Å². The number of imidazole rings is 1. The van der Waals surface area contributed by atoms with Crippen LogP contribution in [0.4, 0.5) is 0 Å². The molecule has 5 nitrogen and oxygen atoms in total. The summed E-state index contributed by atoms with van der Waals surface area (Å²) in [6.07, 6.45) is 3.38. The molecule has 5 heteroatoms. The van der Waals surface area contributed by atoms with Crippen molar-refractivity contribution in [3.8, 4) is 0 Å². The molecule has 0 radical (unpaired) electrons. The first-order valence-corrected chi connectivity index (χ1v) is 4.90. The van der Waals surface area contributed by atoms with Crippen LogP contribution in [0.3, 0.4) is 0 Å². The van der Waals surface area contributed by atoms with Gasteiger partial charge in [-0.15, -0.1) is 0 Å². The minimum absolute atomic E-state index is 0.101. The van der Waals surface area contributed by atoms with Gasteiger partial charge in [-0.25, -0.2) is 4.98 Å². The molecule has 84 valence electrons. The number of aromatic nitrogens is 2. The summed E-state index contributed by atoms with van der Waals surface area (Å²) < 4.78 is 1.87. The Kier molecular flexibility index (Phi) is 3.14. The molecular formula is C10H18N4O. The molecule has 15 heavy (non-hydrogen) atoms. The van der Waals surface area contributed by atoms with Gasteiger partial charge in [0.25, 0.3) is 0 Å². The maximum atomic E-state index is 11.2. The number of rotatable bonds is 4. The molecule has 0 aliphatic carbocycles. The van der Waals surface area contributed by atoms with Gasteiger partial charge in [0, 0.05) is 18.8 Å². The van der Waals surface area contributed by atoms with Gasteiger partial charge in [-0.2, -0.15) is 0 Å². The Labute approximate surface area is 89.5 Å². The number of hydrogen-bond acceptors (Lipinski definition) is 3. The van der Waals surface area contributed by atoms with Gasteiger partial charge in [0.1, 0.15) is 0 Å². The molecule has 0 aliphatic heterocycles. The van der Waals surface area contributed by atoms with E-state index in [1.54, 1.807) is 26.4 Å². The molecule has 0 fully saturated rings. The third kappa shape index (κ3) is 2.56. The van der Waals surface area contributed by atoms with E-state index in [2.05, 4.69) is 4.98 Å². The smallest absolute Gasteiger partial charge is 0.224 e. The predicted octanol–water partition coefficient (Wildman–Crippen LogP) is 0.414. The number of hydrogen-bond donors (Lipinski definition) is 2. The molecule has 0 saturated heterocycles. The molecule has 4 N–H and O–H groups in total. The summed E-state index contributed by atoms with van der Waals surface area (Å²) in [5.41, 5.74) is 11.4. The van der Waals surface area contributed by atoms with Crippen LogP contribution in [0, 0.1) is 5.41 Å². The van der Waals surface area contributed by atoms with Crippen molar-refractivity contribution in [1.29, 1.82) is 0 Å². The van der Waals surface area contributed by atoms with Crippen LogP contribution in [0.15, 0.2) is 12.5 Å². The van der Waals surface area contributed by atoms with Crippen LogP contribution in [0.1, 0.15) is 32.5 Å². The van der Waals surface area contributed by atoms with Crippen molar-refractivity contribution in [2.24, 2.45) is 16.9 Å². The number of nitrogens with zero attached hydrogens (tertiary/aromatic N) is 2. The lowest BCUT2D eigenvalue weighted by atomic mass is 9.92. The second-order valence-electron chi connectivity index (χ2n) is 4.48. The fourth-order valence-electron chi connectivity index (χ4n) is 1.35. The summed E-state index contributed by atoms with van der Waals surface area (Å²) in [7, 11) is 0. The largest absolute Gasteiger partial charge is 0.369 e. The van der Waals surface area contributed by atoms with E-state index in [-0.39, 0.29) is 11.9 Å². The predicted molar refractivity (Wildman–Crippen MR) is 57.8 cm³/mol. The van der Waals surface area contributed by atoms with Crippen LogP contribution < -0.4 is 11.5 Å². The quantitative estimate of drug-likeness (QED) is 0.754. The lowest BCUT2D eigenvalue weighted by Gasteiger charge is -2.22. The minimum Gasteiger partial charge on any atom is -0.369 e. The molecular weight excluding hydrogens is 192 g/mol. The summed E-state index contributed by atoms with van der Waals surface area (Å²) in [4.78, 5) is 15.2. The van der Waals surface area contributed by atoms with Crippen LogP contribution in [-0.2, 0) is 11.3 Å². The second kappa shape index (κ2) is 4.02. The van der Waals surface area contributed by atoms with E-state index in [1.807, 2.05) is 11.5 Å². The van der Waals surface area contributed by atoms with Gasteiger partial charge in [-0.05, 0) is 20.8 Å². The average Bonchev–Trinajstić information content (AvgIpc) is 2.51. The molecule has 0 unspecified atom stereocenters. The highest BCUT2D eigenvalue weighted by molar-refractivity contribution is 5.79. The molecule has 1 atom stereocenters. The zero-order valence-corrected chi connectivity index (χ0v) is 9.40. The molecule has 1 amide bonds. The van der Waals surface area contributed by atoms with Crippen molar-refractivity contribution in [3.05, 3.63) is 18.2 Å². The SMILES string of the molecule is C[C@@H](N)c1cncn1CC(C)(C)C(N)=O. The maximum absolute atomic E-state index is 11.2. The summed E-state index contributed by atoms with van der Waals surface area (Å²) >= 11 is 0. The summed E-state index contributed by atoms with van der Waals surface area (Å²) in [5.74, 6) is -0.327. The Hall–Kier alpha value is -1.36. The molecule has 0 spiro atoms. The first kappa shape index (κ1) is 11.7. The fourth-order valence-corrected chi connectivity index (χ4v) is 1.35. The normalized spacial score (nSPS) is 13.9. The highest BCUT2D eigenvalue weighted by atomic mass is 16.1. The number of carbonyl (C=O) groups excluding carboxylic acids is 1. The molecule has 1 heterocycles.